The number of methoxy groups -OCH3 is 1. The van der Waals surface area contributed by atoms with Gasteiger partial charge in [-0.3, -0.25) is 4.79 Å². The molecule has 4 rings (SSSR count). The Bertz CT molecular complexity index is 1090. The van der Waals surface area contributed by atoms with Gasteiger partial charge in [-0.05, 0) is 47.3 Å². The van der Waals surface area contributed by atoms with Crippen LogP contribution >= 0.6 is 23.1 Å². The van der Waals surface area contributed by atoms with E-state index in [0.29, 0.717) is 13.0 Å². The molecule has 4 nitrogen and oxygen atoms in total. The van der Waals surface area contributed by atoms with Gasteiger partial charge in [-0.2, -0.15) is 0 Å². The van der Waals surface area contributed by atoms with Gasteiger partial charge in [-0.25, -0.2) is 0 Å². The first kappa shape index (κ1) is 19.6. The molecule has 0 aliphatic rings. The van der Waals surface area contributed by atoms with Crippen molar-refractivity contribution in [2.75, 3.05) is 19.4 Å². The molecule has 0 saturated carbocycles. The van der Waals surface area contributed by atoms with E-state index >= 15 is 0 Å². The number of benzene rings is 2. The normalized spacial score (nSPS) is 10.9. The number of carbonyl (C=O) groups excluding carboxylic acids is 1. The molecule has 0 fully saturated rings. The Hall–Kier alpha value is -2.70. The summed E-state index contributed by atoms with van der Waals surface area (Å²) < 4.78 is 5.28. The van der Waals surface area contributed by atoms with Gasteiger partial charge in [0.15, 0.2) is 0 Å². The van der Waals surface area contributed by atoms with Crippen molar-refractivity contribution in [1.82, 2.24) is 10.3 Å². The molecule has 148 valence electrons. The van der Waals surface area contributed by atoms with Crippen molar-refractivity contribution >= 4 is 39.9 Å². The highest BCUT2D eigenvalue weighted by Gasteiger charge is 2.14. The number of amides is 1. The molecule has 0 aliphatic carbocycles. The number of H-pyrrole nitrogens is 1. The Morgan fingerprint density at radius 1 is 1.10 bits per heavy atom. The Kier molecular flexibility index (Phi) is 6.22. The maximum atomic E-state index is 12.1. The number of para-hydroxylation sites is 1. The molecule has 0 radical (unpaired) electrons. The molecule has 0 spiro atoms. The number of ether oxygens (including phenoxy) is 1. The second-order valence-electron chi connectivity index (χ2n) is 6.56. The number of hydrogen-bond donors (Lipinski definition) is 2. The Morgan fingerprint density at radius 2 is 1.93 bits per heavy atom. The molecule has 2 heterocycles. The fraction of sp³-hybridized carbons (Fsp3) is 0.174. The van der Waals surface area contributed by atoms with Crippen LogP contribution in [-0.4, -0.2) is 30.3 Å². The molecule has 6 heteroatoms. The number of nitrogens with one attached hydrogen (secondary N) is 2. The molecule has 2 aromatic heterocycles. The van der Waals surface area contributed by atoms with E-state index in [4.69, 9.17) is 4.74 Å². The predicted octanol–water partition coefficient (Wildman–Crippen LogP) is 5.36. The summed E-state index contributed by atoms with van der Waals surface area (Å²) in [5.74, 6) is 1.72. The second-order valence-corrected chi connectivity index (χ2v) is 8.70. The molecule has 1 amide bonds. The van der Waals surface area contributed by atoms with Crippen LogP contribution in [0.15, 0.2) is 70.9 Å². The fourth-order valence-corrected chi connectivity index (χ4v) is 4.96. The topological polar surface area (TPSA) is 54.1 Å². The lowest BCUT2D eigenvalue weighted by Crippen LogP contribution is -2.26. The van der Waals surface area contributed by atoms with Crippen molar-refractivity contribution in [1.29, 1.82) is 0 Å². The highest BCUT2D eigenvalue weighted by molar-refractivity contribution is 7.99. The summed E-state index contributed by atoms with van der Waals surface area (Å²) in [6.07, 6.45) is 0.451. The summed E-state index contributed by atoms with van der Waals surface area (Å²) >= 11 is 3.38. The number of aromatic amines is 1. The minimum absolute atomic E-state index is 0.0716. The van der Waals surface area contributed by atoms with E-state index in [1.807, 2.05) is 35.7 Å². The average molecular weight is 423 g/mol. The van der Waals surface area contributed by atoms with E-state index in [9.17, 15) is 4.79 Å². The molecule has 0 bridgehead atoms. The van der Waals surface area contributed by atoms with Crippen LogP contribution in [0.5, 0.6) is 5.75 Å². The number of aromatic nitrogens is 1. The van der Waals surface area contributed by atoms with Crippen molar-refractivity contribution < 1.29 is 9.53 Å². The van der Waals surface area contributed by atoms with Crippen LogP contribution in [-0.2, 0) is 11.2 Å². The number of thiophene rings is 1. The largest absolute Gasteiger partial charge is 0.497 e. The number of fused-ring (bicyclic) bond motifs is 1. The number of hydrogen-bond acceptors (Lipinski definition) is 4. The summed E-state index contributed by atoms with van der Waals surface area (Å²) in [5.41, 5.74) is 3.33. The van der Waals surface area contributed by atoms with Gasteiger partial charge in [-0.1, -0.05) is 24.3 Å². The third-order valence-electron chi connectivity index (χ3n) is 4.62. The molecule has 4 aromatic rings. The van der Waals surface area contributed by atoms with Crippen molar-refractivity contribution in [2.45, 2.75) is 11.3 Å². The lowest BCUT2D eigenvalue weighted by molar-refractivity contribution is -0.120. The van der Waals surface area contributed by atoms with Crippen molar-refractivity contribution in [3.8, 4) is 17.0 Å². The van der Waals surface area contributed by atoms with Crippen molar-refractivity contribution in [3.05, 3.63) is 70.9 Å². The van der Waals surface area contributed by atoms with E-state index in [-0.39, 0.29) is 5.91 Å². The standard InChI is InChI=1S/C23H22N2O2S2/c1-27-17-10-8-16(9-11-17)22-23(19-6-2-3-7-20(19)25-22)29-14-12-24-21(26)15-18-5-4-13-28-18/h2-11,13,25H,12,14-15H2,1H3,(H,24,26). The van der Waals surface area contributed by atoms with Gasteiger partial charge in [0.25, 0.3) is 0 Å². The van der Waals surface area contributed by atoms with Crippen LogP contribution in [0.3, 0.4) is 0 Å². The van der Waals surface area contributed by atoms with E-state index in [2.05, 4.69) is 40.6 Å². The number of thioether (sulfide) groups is 1. The van der Waals surface area contributed by atoms with E-state index in [1.165, 1.54) is 10.3 Å². The molecule has 0 unspecified atom stereocenters. The van der Waals surface area contributed by atoms with Crippen LogP contribution in [0.4, 0.5) is 0 Å². The van der Waals surface area contributed by atoms with Crippen LogP contribution in [0.1, 0.15) is 4.88 Å². The van der Waals surface area contributed by atoms with Crippen LogP contribution in [0.25, 0.3) is 22.2 Å². The van der Waals surface area contributed by atoms with E-state index < -0.39 is 0 Å². The van der Waals surface area contributed by atoms with Crippen molar-refractivity contribution in [2.24, 2.45) is 0 Å². The quantitative estimate of drug-likeness (QED) is 0.297. The number of rotatable bonds is 8. The van der Waals surface area contributed by atoms with Gasteiger partial charge in [-0.15, -0.1) is 23.1 Å². The first-order valence-corrected chi connectivity index (χ1v) is 11.3. The molecule has 2 aromatic carbocycles. The third kappa shape index (κ3) is 4.66. The molecular weight excluding hydrogens is 400 g/mol. The highest BCUT2D eigenvalue weighted by atomic mass is 32.2. The van der Waals surface area contributed by atoms with Gasteiger partial charge >= 0.3 is 0 Å². The maximum Gasteiger partial charge on any atom is 0.225 e. The molecule has 0 atom stereocenters. The minimum Gasteiger partial charge on any atom is -0.497 e. The van der Waals surface area contributed by atoms with Crippen molar-refractivity contribution in [3.63, 3.8) is 0 Å². The Morgan fingerprint density at radius 3 is 2.69 bits per heavy atom. The molecule has 2 N–H and O–H groups in total. The van der Waals surface area contributed by atoms with Gasteiger partial charge in [0, 0.05) is 33.0 Å². The summed E-state index contributed by atoms with van der Waals surface area (Å²) in [6, 6.07) is 20.4. The smallest absolute Gasteiger partial charge is 0.225 e. The molecular formula is C23H22N2O2S2. The first-order chi connectivity index (χ1) is 14.2. The lowest BCUT2D eigenvalue weighted by Gasteiger charge is -2.07. The van der Waals surface area contributed by atoms with Crippen LogP contribution in [0.2, 0.25) is 0 Å². The van der Waals surface area contributed by atoms with E-state index in [0.717, 1.165) is 33.2 Å². The zero-order valence-electron chi connectivity index (χ0n) is 16.1. The zero-order valence-corrected chi connectivity index (χ0v) is 17.7. The maximum absolute atomic E-state index is 12.1. The Balaban J connectivity index is 1.46. The summed E-state index contributed by atoms with van der Waals surface area (Å²) in [4.78, 5) is 17.9. The Labute approximate surface area is 178 Å². The predicted molar refractivity (Wildman–Crippen MR) is 122 cm³/mol. The summed E-state index contributed by atoms with van der Waals surface area (Å²) in [7, 11) is 1.67. The van der Waals surface area contributed by atoms with Crippen LogP contribution in [0, 0.1) is 0 Å². The monoisotopic (exact) mass is 422 g/mol. The van der Waals surface area contributed by atoms with Gasteiger partial charge in [0.2, 0.25) is 5.91 Å². The number of carbonyl (C=O) groups is 1. The lowest BCUT2D eigenvalue weighted by atomic mass is 10.1. The van der Waals surface area contributed by atoms with Gasteiger partial charge in [0.1, 0.15) is 5.75 Å². The summed E-state index contributed by atoms with van der Waals surface area (Å²) in [6.45, 7) is 0.635. The molecule has 29 heavy (non-hydrogen) atoms. The molecule has 0 saturated heterocycles. The SMILES string of the molecule is COc1ccc(-c2[nH]c3ccccc3c2SCCNC(=O)Cc2cccs2)cc1. The average Bonchev–Trinajstić information content (AvgIpc) is 3.39. The zero-order chi connectivity index (χ0) is 20.1. The summed E-state index contributed by atoms with van der Waals surface area (Å²) in [5, 5.41) is 6.22. The fourth-order valence-electron chi connectivity index (χ4n) is 3.20. The highest BCUT2D eigenvalue weighted by Crippen LogP contribution is 2.37. The second kappa shape index (κ2) is 9.20. The van der Waals surface area contributed by atoms with Gasteiger partial charge < -0.3 is 15.0 Å². The van der Waals surface area contributed by atoms with Crippen LogP contribution < -0.4 is 10.1 Å². The van der Waals surface area contributed by atoms with E-state index in [1.54, 1.807) is 30.2 Å². The third-order valence-corrected chi connectivity index (χ3v) is 6.62. The molecule has 0 aliphatic heterocycles. The minimum atomic E-state index is 0.0716. The first-order valence-electron chi connectivity index (χ1n) is 9.41. The van der Waals surface area contributed by atoms with Gasteiger partial charge in [0.05, 0.1) is 19.2 Å².